The maximum absolute atomic E-state index is 12.5. The van der Waals surface area contributed by atoms with Gasteiger partial charge in [-0.2, -0.15) is 0 Å². The Labute approximate surface area is 186 Å². The third-order valence-electron chi connectivity index (χ3n) is 4.63. The van der Waals surface area contributed by atoms with E-state index in [1.54, 1.807) is 29.7 Å². The highest BCUT2D eigenvalue weighted by Gasteiger charge is 2.21. The van der Waals surface area contributed by atoms with Gasteiger partial charge in [0.25, 0.3) is 0 Å². The third-order valence-corrected chi connectivity index (χ3v) is 6.59. The maximum Gasteiger partial charge on any atom is 0.224 e. The zero-order chi connectivity index (χ0) is 18.4. The van der Waals surface area contributed by atoms with Crippen molar-refractivity contribution in [1.29, 1.82) is 0 Å². The van der Waals surface area contributed by atoms with Crippen LogP contribution in [0.5, 0.6) is 0 Å². The van der Waals surface area contributed by atoms with E-state index in [4.69, 9.17) is 0 Å². The first kappa shape index (κ1) is 22.2. The number of hydrogen-bond donors (Lipinski definition) is 1. The van der Waals surface area contributed by atoms with Crippen LogP contribution in [0.3, 0.4) is 0 Å². The van der Waals surface area contributed by atoms with Crippen LogP contribution in [-0.4, -0.2) is 55.4 Å². The number of likely N-dealkylation sites (N-methyl/N-ethyl adjacent to an activating group) is 1. The number of thiophene rings is 2. The minimum atomic E-state index is 0. The number of fused-ring (bicyclic) bond motifs is 1. The molecule has 0 aromatic carbocycles. The molecular formula is C19H27IN4OS2. The number of nitrogens with zero attached hydrogens (tertiary/aromatic N) is 3. The van der Waals surface area contributed by atoms with E-state index in [0.717, 1.165) is 38.4 Å². The van der Waals surface area contributed by atoms with E-state index in [1.807, 2.05) is 11.9 Å². The molecule has 27 heavy (non-hydrogen) atoms. The highest BCUT2D eigenvalue weighted by Crippen LogP contribution is 2.24. The number of carbonyl (C=O) groups excluding carboxylic acids is 1. The minimum absolute atomic E-state index is 0. The molecule has 2 aromatic rings. The first-order chi connectivity index (χ1) is 12.7. The fourth-order valence-electron chi connectivity index (χ4n) is 3.12. The number of rotatable bonds is 6. The Balaban J connectivity index is 0.00000261. The Hall–Kier alpha value is -1.13. The van der Waals surface area contributed by atoms with Crippen LogP contribution in [0.1, 0.15) is 21.7 Å². The van der Waals surface area contributed by atoms with Gasteiger partial charge in [0.1, 0.15) is 0 Å². The van der Waals surface area contributed by atoms with Crippen LogP contribution >= 0.6 is 46.7 Å². The van der Waals surface area contributed by atoms with Gasteiger partial charge in [-0.3, -0.25) is 9.79 Å². The van der Waals surface area contributed by atoms with E-state index in [9.17, 15) is 4.79 Å². The molecule has 0 saturated carbocycles. The molecule has 0 unspecified atom stereocenters. The maximum atomic E-state index is 12.5. The van der Waals surface area contributed by atoms with E-state index in [2.05, 4.69) is 44.2 Å². The third kappa shape index (κ3) is 6.18. The minimum Gasteiger partial charge on any atom is -0.356 e. The summed E-state index contributed by atoms with van der Waals surface area (Å²) in [5, 5.41) is 7.54. The van der Waals surface area contributed by atoms with Crippen molar-refractivity contribution >= 4 is 58.5 Å². The molecule has 148 valence electrons. The molecule has 0 spiro atoms. The molecule has 1 amide bonds. The van der Waals surface area contributed by atoms with Crippen molar-refractivity contribution < 1.29 is 4.79 Å². The SMILES string of the molecule is CN=C(NCCC(=O)N1CCc2sccc2C1)N(C)CCc1cccs1.I. The van der Waals surface area contributed by atoms with E-state index in [0.29, 0.717) is 13.0 Å². The monoisotopic (exact) mass is 518 g/mol. The van der Waals surface area contributed by atoms with Gasteiger partial charge in [0.15, 0.2) is 5.96 Å². The average molecular weight is 518 g/mol. The highest BCUT2D eigenvalue weighted by atomic mass is 127. The first-order valence-electron chi connectivity index (χ1n) is 8.94. The Morgan fingerprint density at radius 2 is 2.19 bits per heavy atom. The van der Waals surface area contributed by atoms with Gasteiger partial charge in [-0.15, -0.1) is 46.7 Å². The lowest BCUT2D eigenvalue weighted by atomic mass is 10.1. The van der Waals surface area contributed by atoms with E-state index in [-0.39, 0.29) is 29.9 Å². The van der Waals surface area contributed by atoms with E-state index < -0.39 is 0 Å². The largest absolute Gasteiger partial charge is 0.356 e. The standard InChI is InChI=1S/C19H26N4OS2.HI/c1-20-19(22(2)10-6-16-4-3-12-25-16)21-9-5-18(24)23-11-7-17-15(14-23)8-13-26-17;/h3-4,8,12-13H,5-7,9-11,14H2,1-2H3,(H,20,21);1H. The second-order valence-electron chi connectivity index (χ2n) is 6.41. The van der Waals surface area contributed by atoms with Crippen LogP contribution in [0.2, 0.25) is 0 Å². The fourth-order valence-corrected chi connectivity index (χ4v) is 4.71. The number of guanidine groups is 1. The molecule has 3 heterocycles. The van der Waals surface area contributed by atoms with Gasteiger partial charge >= 0.3 is 0 Å². The summed E-state index contributed by atoms with van der Waals surface area (Å²) in [6.45, 7) is 3.11. The van der Waals surface area contributed by atoms with Crippen molar-refractivity contribution in [2.75, 3.05) is 33.7 Å². The summed E-state index contributed by atoms with van der Waals surface area (Å²) >= 11 is 3.58. The molecule has 2 aromatic heterocycles. The predicted molar refractivity (Wildman–Crippen MR) is 125 cm³/mol. The number of hydrogen-bond acceptors (Lipinski definition) is 4. The smallest absolute Gasteiger partial charge is 0.224 e. The van der Waals surface area contributed by atoms with Gasteiger partial charge in [0, 0.05) is 56.4 Å². The Morgan fingerprint density at radius 1 is 1.33 bits per heavy atom. The van der Waals surface area contributed by atoms with E-state index >= 15 is 0 Å². The Kier molecular flexibility index (Phi) is 9.04. The lowest BCUT2D eigenvalue weighted by Crippen LogP contribution is -2.42. The molecule has 0 atom stereocenters. The molecule has 0 aliphatic carbocycles. The van der Waals surface area contributed by atoms with Crippen LogP contribution in [0.15, 0.2) is 34.0 Å². The van der Waals surface area contributed by atoms with Crippen molar-refractivity contribution in [1.82, 2.24) is 15.1 Å². The Morgan fingerprint density at radius 3 is 2.93 bits per heavy atom. The number of halogens is 1. The van der Waals surface area contributed by atoms with Gasteiger partial charge in [0.05, 0.1) is 0 Å². The molecule has 0 fully saturated rings. The lowest BCUT2D eigenvalue weighted by molar-refractivity contribution is -0.131. The highest BCUT2D eigenvalue weighted by molar-refractivity contribution is 14.0. The van der Waals surface area contributed by atoms with Crippen LogP contribution < -0.4 is 5.32 Å². The van der Waals surface area contributed by atoms with Crippen molar-refractivity contribution in [2.45, 2.75) is 25.8 Å². The van der Waals surface area contributed by atoms with Gasteiger partial charge in [-0.1, -0.05) is 6.07 Å². The molecule has 0 radical (unpaired) electrons. The topological polar surface area (TPSA) is 47.9 Å². The molecule has 1 aliphatic rings. The normalized spacial score (nSPS) is 13.7. The Bertz CT molecular complexity index is 745. The predicted octanol–water partition coefficient (Wildman–Crippen LogP) is 3.45. The summed E-state index contributed by atoms with van der Waals surface area (Å²) in [6.07, 6.45) is 2.49. The fraction of sp³-hybridized carbons (Fsp3) is 0.474. The van der Waals surface area contributed by atoms with Crippen molar-refractivity contribution in [3.8, 4) is 0 Å². The van der Waals surface area contributed by atoms with Crippen molar-refractivity contribution in [2.24, 2.45) is 4.99 Å². The summed E-state index contributed by atoms with van der Waals surface area (Å²) in [6, 6.07) is 6.38. The lowest BCUT2D eigenvalue weighted by Gasteiger charge is -2.27. The van der Waals surface area contributed by atoms with Crippen LogP contribution in [0.4, 0.5) is 0 Å². The van der Waals surface area contributed by atoms with Crippen LogP contribution in [0.25, 0.3) is 0 Å². The second-order valence-corrected chi connectivity index (χ2v) is 8.44. The van der Waals surface area contributed by atoms with E-state index in [1.165, 1.54) is 15.3 Å². The average Bonchev–Trinajstić information content (AvgIpc) is 3.33. The zero-order valence-corrected chi connectivity index (χ0v) is 19.8. The van der Waals surface area contributed by atoms with Gasteiger partial charge in [0.2, 0.25) is 5.91 Å². The van der Waals surface area contributed by atoms with Crippen LogP contribution in [0, 0.1) is 0 Å². The van der Waals surface area contributed by atoms with Crippen molar-refractivity contribution in [3.05, 3.63) is 44.3 Å². The quantitative estimate of drug-likeness (QED) is 0.362. The van der Waals surface area contributed by atoms with Gasteiger partial charge < -0.3 is 15.1 Å². The van der Waals surface area contributed by atoms with Gasteiger partial charge in [-0.25, -0.2) is 0 Å². The molecule has 5 nitrogen and oxygen atoms in total. The summed E-state index contributed by atoms with van der Waals surface area (Å²) in [5.41, 5.74) is 1.31. The first-order valence-corrected chi connectivity index (χ1v) is 10.7. The molecule has 1 aliphatic heterocycles. The van der Waals surface area contributed by atoms with Crippen LogP contribution in [-0.2, 0) is 24.2 Å². The molecular weight excluding hydrogens is 491 g/mol. The number of amides is 1. The summed E-state index contributed by atoms with van der Waals surface area (Å²) in [4.78, 5) is 23.7. The molecule has 1 N–H and O–H groups in total. The molecule has 0 bridgehead atoms. The number of nitrogens with one attached hydrogen (secondary N) is 1. The summed E-state index contributed by atoms with van der Waals surface area (Å²) in [7, 11) is 3.82. The number of carbonyl (C=O) groups is 1. The van der Waals surface area contributed by atoms with Crippen molar-refractivity contribution in [3.63, 3.8) is 0 Å². The summed E-state index contributed by atoms with van der Waals surface area (Å²) in [5.74, 6) is 1.05. The number of aliphatic imine (C=N–C) groups is 1. The zero-order valence-electron chi connectivity index (χ0n) is 15.8. The molecule has 8 heteroatoms. The second kappa shape index (κ2) is 11.0. The summed E-state index contributed by atoms with van der Waals surface area (Å²) < 4.78 is 0. The molecule has 3 rings (SSSR count). The molecule has 0 saturated heterocycles. The van der Waals surface area contributed by atoms with Gasteiger partial charge in [-0.05, 0) is 41.3 Å².